The molecule has 6 heteroatoms. The summed E-state index contributed by atoms with van der Waals surface area (Å²) in [6.45, 7) is 0. The van der Waals surface area contributed by atoms with Crippen LogP contribution in [0.3, 0.4) is 0 Å². The summed E-state index contributed by atoms with van der Waals surface area (Å²) in [5, 5.41) is 14.5. The van der Waals surface area contributed by atoms with E-state index in [4.69, 9.17) is 4.74 Å². The zero-order chi connectivity index (χ0) is 13.8. The third-order valence-electron chi connectivity index (χ3n) is 3.42. The molecule has 1 fully saturated rings. The summed E-state index contributed by atoms with van der Waals surface area (Å²) in [6.07, 6.45) is 5.69. The van der Waals surface area contributed by atoms with Crippen LogP contribution in [-0.2, 0) is 0 Å². The van der Waals surface area contributed by atoms with E-state index in [1.165, 1.54) is 32.4 Å². The second-order valence-corrected chi connectivity index (χ2v) is 5.65. The number of nitrogens with zero attached hydrogens (tertiary/aromatic N) is 1. The number of nitro benzene ring substituents is 1. The summed E-state index contributed by atoms with van der Waals surface area (Å²) in [5.74, 6) is 0.506. The number of methoxy groups -OCH3 is 1. The van der Waals surface area contributed by atoms with Crippen LogP contribution in [0.2, 0.25) is 0 Å². The van der Waals surface area contributed by atoms with Crippen LogP contribution in [0.15, 0.2) is 16.6 Å². The van der Waals surface area contributed by atoms with E-state index >= 15 is 0 Å². The van der Waals surface area contributed by atoms with Crippen molar-refractivity contribution in [2.24, 2.45) is 0 Å². The van der Waals surface area contributed by atoms with Gasteiger partial charge in [-0.05, 0) is 18.9 Å². The largest absolute Gasteiger partial charge is 0.494 e. The van der Waals surface area contributed by atoms with Gasteiger partial charge in [0.05, 0.1) is 12.0 Å². The topological polar surface area (TPSA) is 64.4 Å². The van der Waals surface area contributed by atoms with E-state index in [1.807, 2.05) is 0 Å². The summed E-state index contributed by atoms with van der Waals surface area (Å²) in [4.78, 5) is 10.8. The van der Waals surface area contributed by atoms with Gasteiger partial charge in [0.25, 0.3) is 5.69 Å². The molecule has 0 aromatic heterocycles. The van der Waals surface area contributed by atoms with E-state index < -0.39 is 0 Å². The number of benzene rings is 1. The second kappa shape index (κ2) is 6.23. The Kier molecular flexibility index (Phi) is 4.63. The van der Waals surface area contributed by atoms with Crippen LogP contribution in [0.4, 0.5) is 11.4 Å². The van der Waals surface area contributed by atoms with Crippen LogP contribution in [-0.4, -0.2) is 18.1 Å². The summed E-state index contributed by atoms with van der Waals surface area (Å²) < 4.78 is 5.91. The molecule has 0 unspecified atom stereocenters. The number of ether oxygens (including phenoxy) is 1. The Morgan fingerprint density at radius 1 is 1.37 bits per heavy atom. The molecule has 2 rings (SSSR count). The molecule has 1 aliphatic rings. The van der Waals surface area contributed by atoms with Crippen LogP contribution in [0, 0.1) is 10.1 Å². The van der Waals surface area contributed by atoms with Crippen LogP contribution in [0.25, 0.3) is 0 Å². The molecule has 5 nitrogen and oxygen atoms in total. The number of anilines is 1. The van der Waals surface area contributed by atoms with Crippen molar-refractivity contribution in [2.45, 2.75) is 38.1 Å². The lowest BCUT2D eigenvalue weighted by atomic mass is 9.95. The van der Waals surface area contributed by atoms with E-state index in [-0.39, 0.29) is 10.6 Å². The lowest BCUT2D eigenvalue weighted by molar-refractivity contribution is -0.384. The molecule has 1 aromatic carbocycles. The number of halogens is 1. The quantitative estimate of drug-likeness (QED) is 0.667. The molecule has 0 bridgehead atoms. The first-order valence-electron chi connectivity index (χ1n) is 6.40. The number of hydrogen-bond acceptors (Lipinski definition) is 4. The fourth-order valence-corrected chi connectivity index (χ4v) is 2.89. The highest BCUT2D eigenvalue weighted by Gasteiger charge is 2.23. The maximum Gasteiger partial charge on any atom is 0.297 e. The Hall–Kier alpha value is -1.30. The molecular formula is C13H17BrN2O3. The molecule has 0 radical (unpaired) electrons. The Morgan fingerprint density at radius 3 is 2.63 bits per heavy atom. The Morgan fingerprint density at radius 2 is 2.05 bits per heavy atom. The van der Waals surface area contributed by atoms with Crippen molar-refractivity contribution in [1.82, 2.24) is 0 Å². The van der Waals surface area contributed by atoms with Crippen molar-refractivity contribution in [1.29, 1.82) is 0 Å². The molecule has 19 heavy (non-hydrogen) atoms. The van der Waals surface area contributed by atoms with E-state index in [2.05, 4.69) is 21.2 Å². The van der Waals surface area contributed by atoms with Gasteiger partial charge in [0.2, 0.25) is 0 Å². The smallest absolute Gasteiger partial charge is 0.297 e. The maximum absolute atomic E-state index is 11.2. The molecule has 0 atom stereocenters. The highest BCUT2D eigenvalue weighted by Crippen LogP contribution is 2.39. The molecule has 0 spiro atoms. The van der Waals surface area contributed by atoms with Gasteiger partial charge < -0.3 is 10.1 Å². The number of hydrogen-bond donors (Lipinski definition) is 1. The third kappa shape index (κ3) is 3.37. The van der Waals surface area contributed by atoms with Crippen molar-refractivity contribution < 1.29 is 9.66 Å². The first-order valence-corrected chi connectivity index (χ1v) is 7.19. The predicted octanol–water partition coefficient (Wildman–Crippen LogP) is 4.11. The minimum Gasteiger partial charge on any atom is -0.494 e. The molecule has 1 aliphatic carbocycles. The van der Waals surface area contributed by atoms with Crippen molar-refractivity contribution in [3.8, 4) is 5.75 Å². The average molecular weight is 329 g/mol. The predicted molar refractivity (Wildman–Crippen MR) is 77.8 cm³/mol. The fourth-order valence-electron chi connectivity index (χ4n) is 2.47. The standard InChI is InChI=1S/C13H17BrN2O3/c1-19-12-8-9(14)7-11(16(17)18)13(12)15-10-5-3-2-4-6-10/h7-8,10,15H,2-6H2,1H3. The Balaban J connectivity index is 2.32. The fraction of sp³-hybridized carbons (Fsp3) is 0.538. The molecule has 0 saturated heterocycles. The van der Waals surface area contributed by atoms with Gasteiger partial charge in [-0.3, -0.25) is 10.1 Å². The summed E-state index contributed by atoms with van der Waals surface area (Å²) in [5.41, 5.74) is 0.541. The van der Waals surface area contributed by atoms with Crippen LogP contribution >= 0.6 is 15.9 Å². The van der Waals surface area contributed by atoms with Crippen LogP contribution < -0.4 is 10.1 Å². The van der Waals surface area contributed by atoms with Gasteiger partial charge in [-0.1, -0.05) is 35.2 Å². The molecule has 0 heterocycles. The molecule has 1 aromatic rings. The zero-order valence-corrected chi connectivity index (χ0v) is 12.4. The summed E-state index contributed by atoms with van der Waals surface area (Å²) >= 11 is 3.27. The van der Waals surface area contributed by atoms with Gasteiger partial charge in [0, 0.05) is 16.6 Å². The molecule has 1 N–H and O–H groups in total. The van der Waals surface area contributed by atoms with Gasteiger partial charge in [-0.2, -0.15) is 0 Å². The minimum atomic E-state index is -0.377. The maximum atomic E-state index is 11.2. The zero-order valence-electron chi connectivity index (χ0n) is 10.8. The molecule has 0 amide bonds. The lowest BCUT2D eigenvalue weighted by Gasteiger charge is -2.24. The number of nitro groups is 1. The summed E-state index contributed by atoms with van der Waals surface area (Å²) in [7, 11) is 1.53. The summed E-state index contributed by atoms with van der Waals surface area (Å²) in [6, 6.07) is 3.55. The van der Waals surface area contributed by atoms with E-state index in [0.717, 1.165) is 12.8 Å². The van der Waals surface area contributed by atoms with Gasteiger partial charge in [-0.15, -0.1) is 0 Å². The van der Waals surface area contributed by atoms with E-state index in [0.29, 0.717) is 22.0 Å². The average Bonchev–Trinajstić information content (AvgIpc) is 2.41. The van der Waals surface area contributed by atoms with Gasteiger partial charge in [-0.25, -0.2) is 0 Å². The minimum absolute atomic E-state index is 0.0526. The van der Waals surface area contributed by atoms with Crippen molar-refractivity contribution in [3.05, 3.63) is 26.7 Å². The monoisotopic (exact) mass is 328 g/mol. The lowest BCUT2D eigenvalue weighted by Crippen LogP contribution is -2.23. The number of nitrogens with one attached hydrogen (secondary N) is 1. The van der Waals surface area contributed by atoms with Crippen molar-refractivity contribution in [3.63, 3.8) is 0 Å². The highest BCUT2D eigenvalue weighted by atomic mass is 79.9. The molecule has 104 valence electrons. The van der Waals surface area contributed by atoms with Crippen molar-refractivity contribution >= 4 is 27.3 Å². The van der Waals surface area contributed by atoms with Gasteiger partial charge in [0.15, 0.2) is 5.69 Å². The first-order chi connectivity index (χ1) is 9.11. The number of rotatable bonds is 4. The van der Waals surface area contributed by atoms with Crippen molar-refractivity contribution in [2.75, 3.05) is 12.4 Å². The van der Waals surface area contributed by atoms with E-state index in [9.17, 15) is 10.1 Å². The SMILES string of the molecule is COc1cc(Br)cc([N+](=O)[O-])c1NC1CCCCC1. The highest BCUT2D eigenvalue weighted by molar-refractivity contribution is 9.10. The molecule has 0 aliphatic heterocycles. The van der Waals surface area contributed by atoms with Crippen LogP contribution in [0.5, 0.6) is 5.75 Å². The third-order valence-corrected chi connectivity index (χ3v) is 3.87. The van der Waals surface area contributed by atoms with E-state index in [1.54, 1.807) is 6.07 Å². The van der Waals surface area contributed by atoms with Gasteiger partial charge in [0.1, 0.15) is 5.75 Å². The Labute approximate surface area is 120 Å². The second-order valence-electron chi connectivity index (χ2n) is 4.74. The van der Waals surface area contributed by atoms with Gasteiger partial charge >= 0.3 is 0 Å². The van der Waals surface area contributed by atoms with Crippen LogP contribution in [0.1, 0.15) is 32.1 Å². The normalized spacial score (nSPS) is 16.1. The first kappa shape index (κ1) is 14.1. The molecule has 1 saturated carbocycles. The Bertz CT molecular complexity index is 473. The molecular weight excluding hydrogens is 312 g/mol.